The minimum absolute atomic E-state index is 0.233. The number of thioether (sulfide) groups is 1. The molecule has 172 valence electrons. The van der Waals surface area contributed by atoms with E-state index >= 15 is 0 Å². The lowest BCUT2D eigenvalue weighted by atomic mass is 10.0. The van der Waals surface area contributed by atoms with E-state index in [0.717, 1.165) is 11.8 Å². The maximum absolute atomic E-state index is 12.5. The van der Waals surface area contributed by atoms with E-state index in [0.29, 0.717) is 23.5 Å². The number of carboxylic acids is 1. The number of ether oxygens (including phenoxy) is 2. The monoisotopic (exact) mass is 466 g/mol. The van der Waals surface area contributed by atoms with Crippen LogP contribution in [0.5, 0.6) is 5.75 Å². The Hall–Kier alpha value is -3.12. The normalized spacial score (nSPS) is 21.7. The first-order valence-electron chi connectivity index (χ1n) is 9.65. The lowest BCUT2D eigenvalue weighted by Crippen LogP contribution is -2.73. The molecule has 1 saturated heterocycles. The van der Waals surface area contributed by atoms with Crippen LogP contribution in [0, 0.1) is 5.41 Å². The third kappa shape index (κ3) is 4.70. The third-order valence-corrected chi connectivity index (χ3v) is 6.51. The van der Waals surface area contributed by atoms with Gasteiger partial charge in [-0.25, -0.2) is 4.79 Å². The molecule has 0 aromatic heterocycles. The fourth-order valence-corrected chi connectivity index (χ4v) is 4.63. The molecule has 2 aliphatic rings. The minimum atomic E-state index is -2.14. The molecule has 3 rings (SSSR count). The van der Waals surface area contributed by atoms with Crippen LogP contribution in [0.1, 0.15) is 12.8 Å². The number of Topliss-reactive ketones (excluding diaryl/α,β-unsaturated/α-hetero) is 1. The number of carbonyl (C=O) groups is 5. The lowest BCUT2D eigenvalue weighted by molar-refractivity contribution is -0.178. The van der Waals surface area contributed by atoms with Crippen LogP contribution in [0.4, 0.5) is 0 Å². The second-order valence-electron chi connectivity index (χ2n) is 7.30. The number of aliphatic hydroxyl groups is 1. The molecule has 12 heteroatoms. The summed E-state index contributed by atoms with van der Waals surface area (Å²) in [4.78, 5) is 60.9. The molecule has 1 aromatic rings. The molecule has 1 aliphatic heterocycles. The predicted octanol–water partition coefficient (Wildman–Crippen LogP) is -0.623. The summed E-state index contributed by atoms with van der Waals surface area (Å²) in [6.07, 6.45) is -1.44. The molecule has 32 heavy (non-hydrogen) atoms. The Morgan fingerprint density at radius 3 is 2.47 bits per heavy atom. The van der Waals surface area contributed by atoms with Gasteiger partial charge in [0.2, 0.25) is 6.23 Å². The number of methoxy groups -OCH3 is 1. The van der Waals surface area contributed by atoms with Gasteiger partial charge in [-0.3, -0.25) is 24.1 Å². The molecule has 0 spiro atoms. The Balaban J connectivity index is 1.62. The van der Waals surface area contributed by atoms with E-state index in [1.165, 1.54) is 7.11 Å². The first-order chi connectivity index (χ1) is 15.2. The summed E-state index contributed by atoms with van der Waals surface area (Å²) >= 11 is 0.857. The first kappa shape index (κ1) is 23.5. The number of carboxylic acid groups (broad SMARTS) is 1. The van der Waals surface area contributed by atoms with E-state index in [-0.39, 0.29) is 5.75 Å². The van der Waals surface area contributed by atoms with E-state index in [1.54, 1.807) is 30.3 Å². The van der Waals surface area contributed by atoms with E-state index in [4.69, 9.17) is 9.84 Å². The number of rotatable bonds is 11. The van der Waals surface area contributed by atoms with Crippen LogP contribution in [0.15, 0.2) is 30.3 Å². The van der Waals surface area contributed by atoms with E-state index in [1.807, 2.05) is 0 Å². The zero-order valence-electron chi connectivity index (χ0n) is 17.1. The van der Waals surface area contributed by atoms with Gasteiger partial charge in [0, 0.05) is 0 Å². The summed E-state index contributed by atoms with van der Waals surface area (Å²) in [6, 6.07) is 7.34. The number of ketones is 1. The van der Waals surface area contributed by atoms with Crippen molar-refractivity contribution in [2.45, 2.75) is 30.5 Å². The SMILES string of the molecule is COC(=O)C1(C(=O)CS[C@@H]2[C@H](NC(=O)COc3ccccc3)C(=O)N2C(O)C(=O)O)CC1. The summed E-state index contributed by atoms with van der Waals surface area (Å²) < 4.78 is 9.99. The van der Waals surface area contributed by atoms with Crippen LogP contribution in [0.25, 0.3) is 0 Å². The van der Waals surface area contributed by atoms with Gasteiger partial charge >= 0.3 is 11.9 Å². The van der Waals surface area contributed by atoms with Gasteiger partial charge < -0.3 is 25.0 Å². The molecule has 1 unspecified atom stereocenters. The van der Waals surface area contributed by atoms with Crippen LogP contribution in [-0.4, -0.2) is 81.8 Å². The van der Waals surface area contributed by atoms with E-state index < -0.39 is 59.2 Å². The van der Waals surface area contributed by atoms with Crippen molar-refractivity contribution in [3.8, 4) is 5.75 Å². The molecule has 1 aromatic carbocycles. The lowest BCUT2D eigenvalue weighted by Gasteiger charge is -2.47. The summed E-state index contributed by atoms with van der Waals surface area (Å²) in [5.74, 6) is -3.95. The highest BCUT2D eigenvalue weighted by molar-refractivity contribution is 8.00. The van der Waals surface area contributed by atoms with Crippen LogP contribution in [-0.2, 0) is 28.7 Å². The molecule has 1 aliphatic carbocycles. The Morgan fingerprint density at radius 1 is 1.25 bits per heavy atom. The van der Waals surface area contributed by atoms with Crippen LogP contribution in [0.3, 0.4) is 0 Å². The van der Waals surface area contributed by atoms with E-state index in [9.17, 15) is 29.1 Å². The number of likely N-dealkylation sites (tertiary alicyclic amines) is 1. The molecule has 3 atom stereocenters. The van der Waals surface area contributed by atoms with Gasteiger partial charge in [0.25, 0.3) is 11.8 Å². The zero-order valence-corrected chi connectivity index (χ0v) is 17.9. The fraction of sp³-hybridized carbons (Fsp3) is 0.450. The maximum Gasteiger partial charge on any atom is 0.354 e. The summed E-state index contributed by atoms with van der Waals surface area (Å²) in [5.41, 5.74) is -1.21. The quantitative estimate of drug-likeness (QED) is 0.218. The topological polar surface area (TPSA) is 160 Å². The number of nitrogens with one attached hydrogen (secondary N) is 1. The second-order valence-corrected chi connectivity index (χ2v) is 8.41. The highest BCUT2D eigenvalue weighted by atomic mass is 32.2. The molecule has 1 saturated carbocycles. The molecule has 2 amide bonds. The summed E-state index contributed by atoms with van der Waals surface area (Å²) in [5, 5.41) is 20.3. The van der Waals surface area contributed by atoms with Crippen LogP contribution >= 0.6 is 11.8 Å². The van der Waals surface area contributed by atoms with Gasteiger partial charge in [-0.15, -0.1) is 11.8 Å². The number of carbonyl (C=O) groups excluding carboxylic acids is 4. The number of aliphatic carboxylic acids is 1. The number of aliphatic hydroxyl groups excluding tert-OH is 1. The Bertz CT molecular complexity index is 919. The number of hydrogen-bond donors (Lipinski definition) is 3. The Kier molecular flexibility index (Phi) is 7.04. The van der Waals surface area contributed by atoms with Crippen molar-refractivity contribution in [3.05, 3.63) is 30.3 Å². The smallest absolute Gasteiger partial charge is 0.354 e. The molecule has 0 radical (unpaired) electrons. The average Bonchev–Trinajstić information content (AvgIpc) is 3.60. The van der Waals surface area contributed by atoms with Gasteiger partial charge in [0.05, 0.1) is 12.9 Å². The van der Waals surface area contributed by atoms with Crippen molar-refractivity contribution in [1.82, 2.24) is 10.2 Å². The Morgan fingerprint density at radius 2 is 1.91 bits per heavy atom. The number of esters is 1. The summed E-state index contributed by atoms with van der Waals surface area (Å²) in [7, 11) is 1.18. The van der Waals surface area contributed by atoms with Crippen molar-refractivity contribution in [2.24, 2.45) is 5.41 Å². The van der Waals surface area contributed by atoms with Gasteiger partial charge in [-0.1, -0.05) is 18.2 Å². The molecular formula is C20H22N2O9S. The Labute approximate surface area is 187 Å². The first-order valence-corrected chi connectivity index (χ1v) is 10.7. The highest BCUT2D eigenvalue weighted by Gasteiger charge is 2.58. The molecule has 3 N–H and O–H groups in total. The summed E-state index contributed by atoms with van der Waals surface area (Å²) in [6.45, 7) is -0.392. The van der Waals surface area contributed by atoms with Crippen LogP contribution < -0.4 is 10.1 Å². The molecule has 0 bridgehead atoms. The number of nitrogens with zero attached hydrogens (tertiary/aromatic N) is 1. The highest BCUT2D eigenvalue weighted by Crippen LogP contribution is 2.48. The van der Waals surface area contributed by atoms with Crippen molar-refractivity contribution < 1.29 is 43.7 Å². The number of β-lactam (4-membered cyclic amide) rings is 1. The van der Waals surface area contributed by atoms with Gasteiger partial charge in [-0.05, 0) is 25.0 Å². The number of para-hydroxylation sites is 1. The van der Waals surface area contributed by atoms with Crippen molar-refractivity contribution >= 4 is 41.3 Å². The molecule has 2 fully saturated rings. The molecule has 11 nitrogen and oxygen atoms in total. The number of hydrogen-bond acceptors (Lipinski definition) is 9. The zero-order chi connectivity index (χ0) is 23.5. The average molecular weight is 466 g/mol. The number of amides is 2. The molecular weight excluding hydrogens is 444 g/mol. The largest absolute Gasteiger partial charge is 0.484 e. The van der Waals surface area contributed by atoms with Gasteiger partial charge in [0.15, 0.2) is 12.4 Å². The van der Waals surface area contributed by atoms with Gasteiger partial charge in [0.1, 0.15) is 22.6 Å². The van der Waals surface area contributed by atoms with Crippen molar-refractivity contribution in [2.75, 3.05) is 19.5 Å². The van der Waals surface area contributed by atoms with E-state index in [2.05, 4.69) is 10.1 Å². The van der Waals surface area contributed by atoms with Crippen LogP contribution in [0.2, 0.25) is 0 Å². The third-order valence-electron chi connectivity index (χ3n) is 5.24. The second kappa shape index (κ2) is 9.57. The predicted molar refractivity (Wildman–Crippen MR) is 109 cm³/mol. The molecule has 1 heterocycles. The van der Waals surface area contributed by atoms with Crippen molar-refractivity contribution in [3.63, 3.8) is 0 Å². The van der Waals surface area contributed by atoms with Crippen molar-refractivity contribution in [1.29, 1.82) is 0 Å². The maximum atomic E-state index is 12.5. The minimum Gasteiger partial charge on any atom is -0.484 e. The van der Waals surface area contributed by atoms with Gasteiger partial charge in [-0.2, -0.15) is 0 Å². The number of benzene rings is 1. The fourth-order valence-electron chi connectivity index (χ4n) is 3.27. The standard InChI is InChI=1S/C20H22N2O9S/c1-30-19(29)20(7-8-20)12(23)10-32-17-14(15(25)22(17)16(26)18(27)28)21-13(24)9-31-11-5-3-2-4-6-11/h2-6,14,16-17,26H,7-10H2,1H3,(H,21,24)(H,27,28)/t14-,16?,17-/m1/s1.